The molecule has 3 saturated heterocycles. The van der Waals surface area contributed by atoms with Gasteiger partial charge in [0.15, 0.2) is 6.73 Å². The Hall–Kier alpha value is -3.93. The number of aliphatic hydroxyl groups is 1. The van der Waals surface area contributed by atoms with Crippen LogP contribution in [0.1, 0.15) is 46.3 Å². The summed E-state index contributed by atoms with van der Waals surface area (Å²) in [5, 5.41) is 21.4. The Morgan fingerprint density at radius 3 is 2.33 bits per heavy atom. The van der Waals surface area contributed by atoms with Gasteiger partial charge in [-0.1, -0.05) is 71.7 Å². The normalized spacial score (nSPS) is 24.6. The second-order valence-corrected chi connectivity index (χ2v) is 14.2. The van der Waals surface area contributed by atoms with E-state index in [0.29, 0.717) is 54.4 Å². The van der Waals surface area contributed by atoms with Crippen LogP contribution in [-0.2, 0) is 21.7 Å². The molecule has 4 heterocycles. The smallest absolute Gasteiger partial charge is 0.333 e. The fraction of sp³-hybridized carbons (Fsp3) is 0.351. The number of morpholine rings is 1. The summed E-state index contributed by atoms with van der Waals surface area (Å²) in [6.45, 7) is 1.83. The fourth-order valence-corrected chi connectivity index (χ4v) is 8.68. The van der Waals surface area contributed by atoms with Crippen LogP contribution in [0.3, 0.4) is 0 Å². The number of allylic oxidation sites excluding steroid dienone is 2. The Morgan fingerprint density at radius 2 is 1.65 bits per heavy atom. The van der Waals surface area contributed by atoms with Gasteiger partial charge in [0.1, 0.15) is 17.2 Å². The molecular weight excluding hydrogens is 672 g/mol. The van der Waals surface area contributed by atoms with E-state index in [1.807, 2.05) is 41.3 Å². The molecule has 1 amide bonds. The van der Waals surface area contributed by atoms with Gasteiger partial charge in [0.25, 0.3) is 5.91 Å². The summed E-state index contributed by atoms with van der Waals surface area (Å²) in [6.07, 6.45) is 3.15. The second-order valence-electron chi connectivity index (χ2n) is 13.4. The van der Waals surface area contributed by atoms with Crippen molar-refractivity contribution in [1.82, 2.24) is 9.80 Å². The summed E-state index contributed by atoms with van der Waals surface area (Å²) in [4.78, 5) is 31.7. The number of anilines is 1. The molecule has 1 aliphatic carbocycles. The number of carboxylic acids is 1. The Morgan fingerprint density at radius 1 is 0.959 bits per heavy atom. The summed E-state index contributed by atoms with van der Waals surface area (Å²) >= 11 is 13.3. The molecule has 2 N–H and O–H groups in total. The molecule has 0 saturated carbocycles. The number of amides is 1. The minimum atomic E-state index is -1.13. The molecule has 3 aromatic carbocycles. The molecule has 3 atom stereocenters. The first kappa shape index (κ1) is 32.3. The standard InChI is InChI=1S/C37H34Cl2FN3O6/c38-29-11-25(42-18-37(47,19-42)22-6-2-1-3-7-22)12-30(39)33(29)35(44)41-15-21-5-4-8-26(34(21)49-20-41)27-14-32(28(36(45)46)13-31(27)40)43-23-9-10-24(43)17-48-16-23/h1-8,11-13,23-24,32,47H,9-10,14-20H2,(H,45,46). The van der Waals surface area contributed by atoms with Crippen LogP contribution < -0.4 is 9.64 Å². The van der Waals surface area contributed by atoms with Crippen LogP contribution in [0, 0.1) is 0 Å². The van der Waals surface area contributed by atoms with Crippen LogP contribution >= 0.6 is 23.2 Å². The van der Waals surface area contributed by atoms with E-state index in [-0.39, 0.29) is 53.0 Å². The lowest BCUT2D eigenvalue weighted by molar-refractivity contribution is -0.134. The van der Waals surface area contributed by atoms with Gasteiger partial charge in [-0.2, -0.15) is 0 Å². The second kappa shape index (κ2) is 12.4. The van der Waals surface area contributed by atoms with Crippen molar-refractivity contribution in [2.75, 3.05) is 37.9 Å². The lowest BCUT2D eigenvalue weighted by Gasteiger charge is -2.48. The monoisotopic (exact) mass is 705 g/mol. The molecule has 0 spiro atoms. The first-order chi connectivity index (χ1) is 23.6. The number of β-amino-alcohol motifs (C(OH)–C–C–N with tert-alkyl or cyclic N) is 1. The van der Waals surface area contributed by atoms with Crippen molar-refractivity contribution in [2.24, 2.45) is 0 Å². The average Bonchev–Trinajstić information content (AvgIpc) is 3.32. The molecule has 12 heteroatoms. The van der Waals surface area contributed by atoms with Crippen LogP contribution in [0.15, 0.2) is 78.1 Å². The zero-order valence-corrected chi connectivity index (χ0v) is 28.0. The van der Waals surface area contributed by atoms with Crippen molar-refractivity contribution in [2.45, 2.75) is 49.5 Å². The number of carbonyl (C=O) groups is 2. The van der Waals surface area contributed by atoms with E-state index < -0.39 is 29.3 Å². The Labute approximate surface area is 292 Å². The number of carbonyl (C=O) groups excluding carboxylic acids is 1. The van der Waals surface area contributed by atoms with Gasteiger partial charge in [0.05, 0.1) is 54.0 Å². The van der Waals surface area contributed by atoms with E-state index >= 15 is 4.39 Å². The largest absolute Gasteiger partial charge is 0.478 e. The third kappa shape index (κ3) is 5.60. The van der Waals surface area contributed by atoms with Crippen LogP contribution in [0.5, 0.6) is 5.75 Å². The molecule has 0 aromatic heterocycles. The third-order valence-electron chi connectivity index (χ3n) is 10.5. The van der Waals surface area contributed by atoms with Gasteiger partial charge in [0, 0.05) is 40.5 Å². The number of hydrogen-bond acceptors (Lipinski definition) is 7. The van der Waals surface area contributed by atoms with Crippen molar-refractivity contribution in [3.05, 3.63) is 110 Å². The van der Waals surface area contributed by atoms with Crippen molar-refractivity contribution >= 4 is 46.3 Å². The van der Waals surface area contributed by atoms with Crippen LogP contribution in [-0.4, -0.2) is 83.0 Å². The van der Waals surface area contributed by atoms with Crippen LogP contribution in [0.25, 0.3) is 5.57 Å². The maximum absolute atomic E-state index is 15.8. The van der Waals surface area contributed by atoms with Gasteiger partial charge in [-0.25, -0.2) is 9.18 Å². The van der Waals surface area contributed by atoms with E-state index in [2.05, 4.69) is 4.90 Å². The minimum absolute atomic E-state index is 0.0447. The number of aliphatic carboxylic acids is 1. The number of fused-ring (bicyclic) bond motifs is 3. The molecule has 3 fully saturated rings. The predicted octanol–water partition coefficient (Wildman–Crippen LogP) is 6.02. The van der Waals surface area contributed by atoms with Crippen molar-refractivity contribution in [1.29, 1.82) is 0 Å². The number of hydrogen-bond donors (Lipinski definition) is 2. The van der Waals surface area contributed by atoms with Crippen molar-refractivity contribution in [3.8, 4) is 5.75 Å². The highest BCUT2D eigenvalue weighted by Crippen LogP contribution is 2.45. The van der Waals surface area contributed by atoms with Gasteiger partial charge in [-0.15, -0.1) is 0 Å². The van der Waals surface area contributed by atoms with Gasteiger partial charge in [0.2, 0.25) is 0 Å². The van der Waals surface area contributed by atoms with Gasteiger partial charge < -0.3 is 29.5 Å². The quantitative estimate of drug-likeness (QED) is 0.321. The molecule has 5 aliphatic rings. The highest BCUT2D eigenvalue weighted by Gasteiger charge is 2.46. The number of ether oxygens (including phenoxy) is 2. The summed E-state index contributed by atoms with van der Waals surface area (Å²) in [5.41, 5.74) is 2.33. The molecule has 0 radical (unpaired) electrons. The lowest BCUT2D eigenvalue weighted by atomic mass is 9.85. The summed E-state index contributed by atoms with van der Waals surface area (Å²) in [6, 6.07) is 17.9. The van der Waals surface area contributed by atoms with Gasteiger partial charge in [-0.3, -0.25) is 9.69 Å². The lowest BCUT2D eigenvalue weighted by Crippen LogP contribution is -2.59. The number of para-hydroxylation sites is 1. The maximum atomic E-state index is 15.8. The third-order valence-corrected chi connectivity index (χ3v) is 11.1. The minimum Gasteiger partial charge on any atom is -0.478 e. The summed E-state index contributed by atoms with van der Waals surface area (Å²) in [5.74, 6) is -1.69. The molecule has 9 nitrogen and oxygen atoms in total. The predicted molar refractivity (Wildman–Crippen MR) is 182 cm³/mol. The average molecular weight is 707 g/mol. The molecule has 4 aliphatic heterocycles. The van der Waals surface area contributed by atoms with Gasteiger partial charge >= 0.3 is 5.97 Å². The van der Waals surface area contributed by atoms with Crippen LogP contribution in [0.4, 0.5) is 10.1 Å². The van der Waals surface area contributed by atoms with E-state index in [1.54, 1.807) is 24.3 Å². The first-order valence-corrected chi connectivity index (χ1v) is 17.1. The summed E-state index contributed by atoms with van der Waals surface area (Å²) in [7, 11) is 0. The van der Waals surface area contributed by atoms with Crippen molar-refractivity contribution < 1.29 is 33.7 Å². The maximum Gasteiger partial charge on any atom is 0.333 e. The van der Waals surface area contributed by atoms with Crippen molar-refractivity contribution in [3.63, 3.8) is 0 Å². The van der Waals surface area contributed by atoms with E-state index in [1.165, 1.54) is 4.90 Å². The molecule has 49 heavy (non-hydrogen) atoms. The number of rotatable bonds is 6. The molecule has 2 bridgehead atoms. The number of carboxylic acid groups (broad SMARTS) is 1. The topological polar surface area (TPSA) is 103 Å². The molecule has 8 rings (SSSR count). The van der Waals surface area contributed by atoms with Crippen LogP contribution in [0.2, 0.25) is 10.0 Å². The number of nitrogens with zero attached hydrogens (tertiary/aromatic N) is 3. The zero-order valence-electron chi connectivity index (χ0n) is 26.4. The number of halogens is 3. The molecule has 3 unspecified atom stereocenters. The Balaban J connectivity index is 1.02. The Kier molecular flexibility index (Phi) is 8.20. The highest BCUT2D eigenvalue weighted by atomic mass is 35.5. The zero-order chi connectivity index (χ0) is 34.0. The van der Waals surface area contributed by atoms with E-state index in [0.717, 1.165) is 24.5 Å². The summed E-state index contributed by atoms with van der Waals surface area (Å²) < 4.78 is 27.7. The number of benzene rings is 3. The van der Waals surface area contributed by atoms with Gasteiger partial charge in [-0.05, 0) is 43.0 Å². The molecule has 254 valence electrons. The Bertz CT molecular complexity index is 1870. The van der Waals surface area contributed by atoms with E-state index in [9.17, 15) is 19.8 Å². The fourth-order valence-electron chi connectivity index (χ4n) is 8.04. The van der Waals surface area contributed by atoms with E-state index in [4.69, 9.17) is 32.7 Å². The molecule has 3 aromatic rings. The highest BCUT2D eigenvalue weighted by molar-refractivity contribution is 6.40. The SMILES string of the molecule is O=C(O)C1=CC(F)=C(c2cccc3c2OCN(C(=O)c2c(Cl)cc(N4CC(O)(c5ccccc5)C4)cc2Cl)C3)CC1N1C2CCC1COC2. The first-order valence-electron chi connectivity index (χ1n) is 16.4. The molecular formula is C37H34Cl2FN3O6.